The third-order valence-electron chi connectivity index (χ3n) is 3.59. The van der Waals surface area contributed by atoms with Crippen molar-refractivity contribution in [1.82, 2.24) is 14.7 Å². The topological polar surface area (TPSA) is 38.1 Å². The molecule has 0 saturated carbocycles. The van der Waals surface area contributed by atoms with Gasteiger partial charge in [-0.3, -0.25) is 9.48 Å². The number of carbonyl (C=O) groups is 1. The fourth-order valence-corrected chi connectivity index (χ4v) is 2.17. The number of nitrogens with zero attached hydrogens (tertiary/aromatic N) is 3. The quantitative estimate of drug-likeness (QED) is 0.846. The standard InChI is InChI=1S/C16H18F3N3O/c1-12-14(15(23)21(2)9-8-16(17,18)19)10-20-22(12)11-13-6-4-3-5-7-13/h3-7,10H,8-9,11H2,1-2H3. The lowest BCUT2D eigenvalue weighted by molar-refractivity contribution is -0.136. The van der Waals surface area contributed by atoms with Crippen LogP contribution in [0.15, 0.2) is 36.5 Å². The third-order valence-corrected chi connectivity index (χ3v) is 3.59. The molecule has 7 heteroatoms. The Kier molecular flexibility index (Phi) is 5.08. The number of aromatic nitrogens is 2. The van der Waals surface area contributed by atoms with Crippen molar-refractivity contribution >= 4 is 5.91 Å². The van der Waals surface area contributed by atoms with Crippen molar-refractivity contribution in [2.45, 2.75) is 26.1 Å². The van der Waals surface area contributed by atoms with Gasteiger partial charge in [-0.15, -0.1) is 0 Å². The maximum absolute atomic E-state index is 12.3. The molecule has 2 aromatic rings. The average Bonchev–Trinajstić information content (AvgIpc) is 2.85. The van der Waals surface area contributed by atoms with E-state index in [9.17, 15) is 18.0 Å². The van der Waals surface area contributed by atoms with E-state index in [2.05, 4.69) is 5.10 Å². The van der Waals surface area contributed by atoms with Crippen LogP contribution in [-0.2, 0) is 6.54 Å². The van der Waals surface area contributed by atoms with Gasteiger partial charge >= 0.3 is 6.18 Å². The number of benzene rings is 1. The molecule has 1 heterocycles. The van der Waals surface area contributed by atoms with E-state index < -0.39 is 18.5 Å². The fourth-order valence-electron chi connectivity index (χ4n) is 2.17. The van der Waals surface area contributed by atoms with E-state index in [1.165, 1.54) is 13.2 Å². The SMILES string of the molecule is Cc1c(C(=O)N(C)CCC(F)(F)F)cnn1Cc1ccccc1. The largest absolute Gasteiger partial charge is 0.390 e. The third kappa shape index (κ3) is 4.58. The van der Waals surface area contributed by atoms with Crippen molar-refractivity contribution < 1.29 is 18.0 Å². The second-order valence-electron chi connectivity index (χ2n) is 5.38. The highest BCUT2D eigenvalue weighted by Crippen LogP contribution is 2.20. The molecule has 0 bridgehead atoms. The molecule has 1 aromatic carbocycles. The average molecular weight is 325 g/mol. The van der Waals surface area contributed by atoms with Gasteiger partial charge in [0.2, 0.25) is 0 Å². The van der Waals surface area contributed by atoms with Crippen molar-refractivity contribution in [1.29, 1.82) is 0 Å². The summed E-state index contributed by atoms with van der Waals surface area (Å²) >= 11 is 0. The Labute approximate surface area is 132 Å². The predicted octanol–water partition coefficient (Wildman–Crippen LogP) is 3.26. The van der Waals surface area contributed by atoms with Crippen LogP contribution in [0.3, 0.4) is 0 Å². The summed E-state index contributed by atoms with van der Waals surface area (Å²) in [5, 5.41) is 4.17. The number of rotatable bonds is 5. The molecule has 0 radical (unpaired) electrons. The van der Waals surface area contributed by atoms with E-state index in [4.69, 9.17) is 0 Å². The van der Waals surface area contributed by atoms with Gasteiger partial charge < -0.3 is 4.90 Å². The lowest BCUT2D eigenvalue weighted by atomic mass is 10.2. The van der Waals surface area contributed by atoms with Gasteiger partial charge in [-0.2, -0.15) is 18.3 Å². The van der Waals surface area contributed by atoms with Crippen molar-refractivity contribution in [3.63, 3.8) is 0 Å². The monoisotopic (exact) mass is 325 g/mol. The van der Waals surface area contributed by atoms with Gasteiger partial charge in [0.15, 0.2) is 0 Å². The molecule has 4 nitrogen and oxygen atoms in total. The van der Waals surface area contributed by atoms with Crippen LogP contribution in [0.2, 0.25) is 0 Å². The number of hydrogen-bond donors (Lipinski definition) is 0. The summed E-state index contributed by atoms with van der Waals surface area (Å²) in [6.07, 6.45) is -3.89. The van der Waals surface area contributed by atoms with Crippen LogP contribution in [0.25, 0.3) is 0 Å². The molecule has 23 heavy (non-hydrogen) atoms. The molecule has 0 unspecified atom stereocenters. The molecule has 2 rings (SSSR count). The first kappa shape index (κ1) is 17.1. The summed E-state index contributed by atoms with van der Waals surface area (Å²) in [7, 11) is 1.36. The molecule has 0 N–H and O–H groups in total. The highest BCUT2D eigenvalue weighted by Gasteiger charge is 2.28. The zero-order valence-electron chi connectivity index (χ0n) is 13.0. The first-order valence-corrected chi connectivity index (χ1v) is 7.16. The molecule has 1 amide bonds. The van der Waals surface area contributed by atoms with Gasteiger partial charge in [-0.25, -0.2) is 0 Å². The molecule has 0 saturated heterocycles. The Morgan fingerprint density at radius 1 is 1.26 bits per heavy atom. The van der Waals surface area contributed by atoms with Crippen LogP contribution in [0.4, 0.5) is 13.2 Å². The predicted molar refractivity (Wildman–Crippen MR) is 80.1 cm³/mol. The van der Waals surface area contributed by atoms with E-state index in [0.29, 0.717) is 17.8 Å². The smallest absolute Gasteiger partial charge is 0.341 e. The number of alkyl halides is 3. The van der Waals surface area contributed by atoms with Crippen molar-refractivity contribution in [2.24, 2.45) is 0 Å². The van der Waals surface area contributed by atoms with Gasteiger partial charge in [-0.05, 0) is 12.5 Å². The molecule has 0 aliphatic carbocycles. The number of carbonyl (C=O) groups excluding carboxylic acids is 1. The molecule has 0 fully saturated rings. The number of amides is 1. The minimum atomic E-state index is -4.28. The minimum absolute atomic E-state index is 0.325. The van der Waals surface area contributed by atoms with Gasteiger partial charge in [0.1, 0.15) is 0 Å². The normalized spacial score (nSPS) is 11.5. The van der Waals surface area contributed by atoms with E-state index in [0.717, 1.165) is 10.5 Å². The Balaban J connectivity index is 2.07. The highest BCUT2D eigenvalue weighted by molar-refractivity contribution is 5.94. The second kappa shape index (κ2) is 6.85. The fraction of sp³-hybridized carbons (Fsp3) is 0.375. The summed E-state index contributed by atoms with van der Waals surface area (Å²) in [6, 6.07) is 9.61. The molecule has 0 atom stereocenters. The van der Waals surface area contributed by atoms with Crippen molar-refractivity contribution in [2.75, 3.05) is 13.6 Å². The Morgan fingerprint density at radius 2 is 1.91 bits per heavy atom. The highest BCUT2D eigenvalue weighted by atomic mass is 19.4. The summed E-state index contributed by atoms with van der Waals surface area (Å²) in [5.41, 5.74) is 1.99. The first-order valence-electron chi connectivity index (χ1n) is 7.16. The van der Waals surface area contributed by atoms with Gasteiger partial charge in [0.05, 0.1) is 24.7 Å². The van der Waals surface area contributed by atoms with Gasteiger partial charge in [0.25, 0.3) is 5.91 Å². The number of halogens is 3. The minimum Gasteiger partial charge on any atom is -0.341 e. The maximum Gasteiger partial charge on any atom is 0.390 e. The summed E-state index contributed by atoms with van der Waals surface area (Å²) in [6.45, 7) is 1.87. The van der Waals surface area contributed by atoms with Crippen LogP contribution < -0.4 is 0 Å². The lowest BCUT2D eigenvalue weighted by Gasteiger charge is -2.18. The molecular weight excluding hydrogens is 307 g/mol. The van der Waals surface area contributed by atoms with Crippen LogP contribution in [0.1, 0.15) is 28.0 Å². The van der Waals surface area contributed by atoms with E-state index >= 15 is 0 Å². The molecule has 0 aliphatic heterocycles. The van der Waals surface area contributed by atoms with Crippen molar-refractivity contribution in [3.8, 4) is 0 Å². The molecule has 0 aliphatic rings. The summed E-state index contributed by atoms with van der Waals surface area (Å²) in [4.78, 5) is 13.3. The van der Waals surface area contributed by atoms with Gasteiger partial charge in [-0.1, -0.05) is 30.3 Å². The van der Waals surface area contributed by atoms with E-state index in [1.807, 2.05) is 30.3 Å². The molecule has 1 aromatic heterocycles. The summed E-state index contributed by atoms with van der Waals surface area (Å²) < 4.78 is 38.4. The van der Waals surface area contributed by atoms with E-state index in [-0.39, 0.29) is 6.54 Å². The van der Waals surface area contributed by atoms with E-state index in [1.54, 1.807) is 11.6 Å². The Hall–Kier alpha value is -2.31. The zero-order valence-corrected chi connectivity index (χ0v) is 13.0. The Morgan fingerprint density at radius 3 is 2.52 bits per heavy atom. The van der Waals surface area contributed by atoms with Crippen LogP contribution in [-0.4, -0.2) is 40.4 Å². The molecular formula is C16H18F3N3O. The second-order valence-corrected chi connectivity index (χ2v) is 5.38. The van der Waals surface area contributed by atoms with Crippen LogP contribution in [0.5, 0.6) is 0 Å². The molecule has 124 valence electrons. The number of hydrogen-bond acceptors (Lipinski definition) is 2. The van der Waals surface area contributed by atoms with Crippen LogP contribution >= 0.6 is 0 Å². The Bertz CT molecular complexity index is 665. The van der Waals surface area contributed by atoms with Crippen LogP contribution in [0, 0.1) is 6.92 Å². The van der Waals surface area contributed by atoms with Crippen molar-refractivity contribution in [3.05, 3.63) is 53.3 Å². The lowest BCUT2D eigenvalue weighted by Crippen LogP contribution is -2.30. The zero-order chi connectivity index (χ0) is 17.0. The maximum atomic E-state index is 12.3. The first-order chi connectivity index (χ1) is 10.8. The molecule has 0 spiro atoms. The summed E-state index contributed by atoms with van der Waals surface area (Å²) in [5.74, 6) is -0.453. The van der Waals surface area contributed by atoms with Gasteiger partial charge in [0, 0.05) is 19.3 Å².